The number of benzene rings is 2. The second-order valence-electron chi connectivity index (χ2n) is 8.37. The van der Waals surface area contributed by atoms with Crippen molar-refractivity contribution < 1.29 is 13.9 Å². The van der Waals surface area contributed by atoms with Crippen molar-refractivity contribution >= 4 is 10.9 Å². The van der Waals surface area contributed by atoms with Crippen LogP contribution in [-0.2, 0) is 26.2 Å². The second-order valence-corrected chi connectivity index (χ2v) is 8.37. The number of pyridine rings is 1. The van der Waals surface area contributed by atoms with Crippen molar-refractivity contribution in [1.82, 2.24) is 30.1 Å². The number of methoxy groups -OCH3 is 2. The topological polar surface area (TPSA) is 111 Å². The van der Waals surface area contributed by atoms with E-state index in [0.717, 1.165) is 28.0 Å². The Bertz CT molecular complexity index is 1510. The van der Waals surface area contributed by atoms with Crippen LogP contribution in [0.2, 0.25) is 0 Å². The molecule has 10 heteroatoms. The highest BCUT2D eigenvalue weighted by atomic mass is 16.5. The number of hydrogen-bond donors (Lipinski definition) is 1. The average molecular weight is 487 g/mol. The minimum atomic E-state index is -0.157. The van der Waals surface area contributed by atoms with Gasteiger partial charge < -0.3 is 18.9 Å². The Morgan fingerprint density at radius 3 is 2.64 bits per heavy atom. The summed E-state index contributed by atoms with van der Waals surface area (Å²) >= 11 is 0. The third-order valence-electron chi connectivity index (χ3n) is 5.97. The number of tetrazole rings is 1. The van der Waals surface area contributed by atoms with Gasteiger partial charge in [-0.1, -0.05) is 18.2 Å². The number of nitrogens with one attached hydrogen (secondary N) is 1. The van der Waals surface area contributed by atoms with Crippen LogP contribution in [0, 0.1) is 0 Å². The van der Waals surface area contributed by atoms with Crippen molar-refractivity contribution in [3.63, 3.8) is 0 Å². The number of nitrogens with zero attached hydrogens (tertiary/aromatic N) is 5. The van der Waals surface area contributed by atoms with Gasteiger partial charge in [0.05, 0.1) is 32.5 Å². The van der Waals surface area contributed by atoms with Gasteiger partial charge in [-0.15, -0.1) is 5.10 Å². The Morgan fingerprint density at radius 2 is 1.83 bits per heavy atom. The van der Waals surface area contributed by atoms with Crippen molar-refractivity contribution in [1.29, 1.82) is 0 Å². The fourth-order valence-corrected chi connectivity index (χ4v) is 4.16. The Hall–Kier alpha value is -4.44. The van der Waals surface area contributed by atoms with Crippen LogP contribution in [0.4, 0.5) is 0 Å². The molecule has 0 radical (unpaired) electrons. The summed E-state index contributed by atoms with van der Waals surface area (Å²) < 4.78 is 18.0. The molecular formula is C26H26N6O4. The first kappa shape index (κ1) is 23.3. The molecule has 0 aliphatic rings. The van der Waals surface area contributed by atoms with Gasteiger partial charge in [-0.3, -0.25) is 9.69 Å². The highest BCUT2D eigenvalue weighted by Gasteiger charge is 2.18. The van der Waals surface area contributed by atoms with Crippen LogP contribution in [0.1, 0.15) is 22.7 Å². The van der Waals surface area contributed by atoms with Crippen LogP contribution < -0.4 is 15.0 Å². The molecule has 0 saturated carbocycles. The SMILES string of the molecule is COc1ccc2cc(CN(Cc3ccccc3OC)Cc3nnnn3Cc3ccco3)c(=O)[nH]c2c1. The normalized spacial score (nSPS) is 11.3. The summed E-state index contributed by atoms with van der Waals surface area (Å²) in [6, 6.07) is 19.1. The lowest BCUT2D eigenvalue weighted by Gasteiger charge is -2.23. The van der Waals surface area contributed by atoms with Crippen LogP contribution >= 0.6 is 0 Å². The van der Waals surface area contributed by atoms with E-state index in [9.17, 15) is 4.79 Å². The highest BCUT2D eigenvalue weighted by Crippen LogP contribution is 2.23. The van der Waals surface area contributed by atoms with Crippen molar-refractivity contribution in [3.05, 3.63) is 100.0 Å². The Morgan fingerprint density at radius 1 is 0.972 bits per heavy atom. The number of para-hydroxylation sites is 1. The minimum Gasteiger partial charge on any atom is -0.497 e. The van der Waals surface area contributed by atoms with E-state index in [1.807, 2.05) is 60.7 Å². The third kappa shape index (κ3) is 5.13. The van der Waals surface area contributed by atoms with Crippen LogP contribution in [0.5, 0.6) is 11.5 Å². The predicted molar refractivity (Wildman–Crippen MR) is 133 cm³/mol. The number of ether oxygens (including phenoxy) is 2. The van der Waals surface area contributed by atoms with Crippen molar-refractivity contribution in [3.8, 4) is 11.5 Å². The second kappa shape index (κ2) is 10.4. The number of rotatable bonds is 10. The van der Waals surface area contributed by atoms with Gasteiger partial charge in [-0.05, 0) is 52.2 Å². The van der Waals surface area contributed by atoms with E-state index in [4.69, 9.17) is 13.9 Å². The van der Waals surface area contributed by atoms with Gasteiger partial charge in [0.1, 0.15) is 23.8 Å². The zero-order valence-corrected chi connectivity index (χ0v) is 20.0. The smallest absolute Gasteiger partial charge is 0.252 e. The van der Waals surface area contributed by atoms with Crippen molar-refractivity contribution in [2.45, 2.75) is 26.2 Å². The molecule has 10 nitrogen and oxygen atoms in total. The van der Waals surface area contributed by atoms with Gasteiger partial charge in [0, 0.05) is 30.3 Å². The molecule has 1 N–H and O–H groups in total. The summed E-state index contributed by atoms with van der Waals surface area (Å²) in [5, 5.41) is 13.2. The van der Waals surface area contributed by atoms with E-state index in [0.29, 0.717) is 43.3 Å². The first-order valence-corrected chi connectivity index (χ1v) is 11.4. The number of furan rings is 1. The van der Waals surface area contributed by atoms with E-state index < -0.39 is 0 Å². The maximum Gasteiger partial charge on any atom is 0.252 e. The summed E-state index contributed by atoms with van der Waals surface area (Å²) in [6.07, 6.45) is 1.62. The van der Waals surface area contributed by atoms with Crippen LogP contribution in [0.3, 0.4) is 0 Å². The number of hydrogen-bond acceptors (Lipinski definition) is 8. The molecule has 0 bridgehead atoms. The quantitative estimate of drug-likeness (QED) is 0.320. The van der Waals surface area contributed by atoms with E-state index in [-0.39, 0.29) is 5.56 Å². The fraction of sp³-hybridized carbons (Fsp3) is 0.231. The maximum atomic E-state index is 13.0. The number of H-pyrrole nitrogens is 1. The van der Waals surface area contributed by atoms with Gasteiger partial charge >= 0.3 is 0 Å². The first-order chi connectivity index (χ1) is 17.6. The summed E-state index contributed by atoms with van der Waals surface area (Å²) in [5.41, 5.74) is 2.19. The molecule has 2 aromatic carbocycles. The molecule has 0 amide bonds. The Labute approximate surface area is 207 Å². The average Bonchev–Trinajstić information content (AvgIpc) is 3.57. The summed E-state index contributed by atoms with van der Waals surface area (Å²) in [4.78, 5) is 18.1. The molecule has 36 heavy (non-hydrogen) atoms. The Balaban J connectivity index is 1.46. The van der Waals surface area contributed by atoms with E-state index in [1.54, 1.807) is 25.2 Å². The highest BCUT2D eigenvalue weighted by molar-refractivity contribution is 5.80. The van der Waals surface area contributed by atoms with Gasteiger partial charge in [0.15, 0.2) is 5.82 Å². The van der Waals surface area contributed by atoms with E-state index in [2.05, 4.69) is 25.4 Å². The van der Waals surface area contributed by atoms with Crippen LogP contribution in [0.15, 0.2) is 76.1 Å². The molecule has 0 saturated heterocycles. The van der Waals surface area contributed by atoms with Crippen LogP contribution in [-0.4, -0.2) is 44.3 Å². The molecule has 0 fully saturated rings. The van der Waals surface area contributed by atoms with Gasteiger partial charge in [-0.2, -0.15) is 0 Å². The molecule has 0 spiro atoms. The lowest BCUT2D eigenvalue weighted by molar-refractivity contribution is 0.232. The molecule has 0 aliphatic heterocycles. The monoisotopic (exact) mass is 486 g/mol. The standard InChI is InChI=1S/C26H26N6O4/c1-34-21-10-9-18-12-20(26(33)27-23(18)13-21)15-31(14-19-6-3-4-8-24(19)35-2)17-25-28-29-30-32(25)16-22-7-5-11-36-22/h3-13H,14-17H2,1-2H3,(H,27,33). The predicted octanol–water partition coefficient (Wildman–Crippen LogP) is 3.38. The van der Waals surface area contributed by atoms with Crippen LogP contribution in [0.25, 0.3) is 10.9 Å². The maximum absolute atomic E-state index is 13.0. The lowest BCUT2D eigenvalue weighted by Crippen LogP contribution is -2.28. The first-order valence-electron chi connectivity index (χ1n) is 11.4. The molecule has 0 unspecified atom stereocenters. The summed E-state index contributed by atoms with van der Waals surface area (Å²) in [6.45, 7) is 1.72. The fourth-order valence-electron chi connectivity index (χ4n) is 4.16. The summed E-state index contributed by atoms with van der Waals surface area (Å²) in [7, 11) is 3.25. The van der Waals surface area contributed by atoms with Crippen molar-refractivity contribution in [2.24, 2.45) is 0 Å². The Kier molecular flexibility index (Phi) is 6.76. The van der Waals surface area contributed by atoms with Crippen molar-refractivity contribution in [2.75, 3.05) is 14.2 Å². The zero-order valence-electron chi connectivity index (χ0n) is 20.0. The summed E-state index contributed by atoms with van der Waals surface area (Å²) in [5.74, 6) is 2.87. The van der Waals surface area contributed by atoms with Gasteiger partial charge in [-0.25, -0.2) is 4.68 Å². The zero-order chi connectivity index (χ0) is 24.9. The van der Waals surface area contributed by atoms with Gasteiger partial charge in [0.2, 0.25) is 0 Å². The van der Waals surface area contributed by atoms with E-state index >= 15 is 0 Å². The number of fused-ring (bicyclic) bond motifs is 1. The number of aromatic nitrogens is 5. The largest absolute Gasteiger partial charge is 0.497 e. The van der Waals surface area contributed by atoms with Gasteiger partial charge in [0.25, 0.3) is 5.56 Å². The molecule has 0 aliphatic carbocycles. The molecule has 5 rings (SSSR count). The third-order valence-corrected chi connectivity index (χ3v) is 5.97. The molecule has 3 aromatic heterocycles. The molecule has 184 valence electrons. The molecular weight excluding hydrogens is 460 g/mol. The minimum absolute atomic E-state index is 0.157. The lowest BCUT2D eigenvalue weighted by atomic mass is 10.1. The molecule has 3 heterocycles. The number of aromatic amines is 1. The molecule has 5 aromatic rings. The molecule has 0 atom stereocenters. The van der Waals surface area contributed by atoms with E-state index in [1.165, 1.54) is 0 Å².